The number of hydrogen-bond donors (Lipinski definition) is 0. The normalized spacial score (nSPS) is 26.9. The standard InChI is InChI=1S/C11H14O2/c1-8-7-13-11(12-2)10-6-4-3-5-9(8)10/h3-6,8,11H,7H2,1-2H3. The largest absolute Gasteiger partial charge is 0.352 e. The Hall–Kier alpha value is -0.860. The maximum Gasteiger partial charge on any atom is 0.183 e. The van der Waals surface area contributed by atoms with Crippen molar-refractivity contribution in [1.29, 1.82) is 0 Å². The molecule has 0 bridgehead atoms. The number of benzene rings is 1. The van der Waals surface area contributed by atoms with Crippen LogP contribution in [0.5, 0.6) is 0 Å². The first-order valence-electron chi connectivity index (χ1n) is 4.56. The van der Waals surface area contributed by atoms with Crippen LogP contribution in [-0.2, 0) is 9.47 Å². The van der Waals surface area contributed by atoms with Gasteiger partial charge in [0.1, 0.15) is 0 Å². The van der Waals surface area contributed by atoms with Crippen LogP contribution in [0.25, 0.3) is 0 Å². The zero-order valence-electron chi connectivity index (χ0n) is 7.99. The Kier molecular flexibility index (Phi) is 2.34. The molecular formula is C11H14O2. The SMILES string of the molecule is COC1OCC(C)c2ccccc21. The topological polar surface area (TPSA) is 18.5 Å². The van der Waals surface area contributed by atoms with Crippen molar-refractivity contribution in [2.75, 3.05) is 13.7 Å². The van der Waals surface area contributed by atoms with E-state index in [2.05, 4.69) is 25.1 Å². The number of ether oxygens (including phenoxy) is 2. The Morgan fingerprint density at radius 1 is 1.31 bits per heavy atom. The second-order valence-corrected chi connectivity index (χ2v) is 3.43. The van der Waals surface area contributed by atoms with Crippen molar-refractivity contribution in [3.63, 3.8) is 0 Å². The molecule has 13 heavy (non-hydrogen) atoms. The highest BCUT2D eigenvalue weighted by atomic mass is 16.7. The predicted octanol–water partition coefficient (Wildman–Crippen LogP) is 2.47. The summed E-state index contributed by atoms with van der Waals surface area (Å²) in [6.07, 6.45) is -0.174. The van der Waals surface area contributed by atoms with Gasteiger partial charge in [-0.2, -0.15) is 0 Å². The highest BCUT2D eigenvalue weighted by Crippen LogP contribution is 2.33. The molecule has 2 heteroatoms. The lowest BCUT2D eigenvalue weighted by Gasteiger charge is -2.28. The molecule has 0 spiro atoms. The average molecular weight is 178 g/mol. The molecule has 0 saturated heterocycles. The molecule has 0 N–H and O–H groups in total. The molecular weight excluding hydrogens is 164 g/mol. The molecule has 1 heterocycles. The molecule has 2 unspecified atom stereocenters. The molecule has 1 aromatic rings. The highest BCUT2D eigenvalue weighted by molar-refractivity contribution is 5.32. The van der Waals surface area contributed by atoms with Gasteiger partial charge in [0.25, 0.3) is 0 Å². The molecule has 0 radical (unpaired) electrons. The summed E-state index contributed by atoms with van der Waals surface area (Å²) in [7, 11) is 1.68. The summed E-state index contributed by atoms with van der Waals surface area (Å²) in [4.78, 5) is 0. The van der Waals surface area contributed by atoms with Gasteiger partial charge in [-0.15, -0.1) is 0 Å². The lowest BCUT2D eigenvalue weighted by Crippen LogP contribution is -2.20. The highest BCUT2D eigenvalue weighted by Gasteiger charge is 2.24. The van der Waals surface area contributed by atoms with Gasteiger partial charge in [-0.1, -0.05) is 31.2 Å². The van der Waals surface area contributed by atoms with Crippen LogP contribution in [-0.4, -0.2) is 13.7 Å². The van der Waals surface area contributed by atoms with Crippen molar-refractivity contribution >= 4 is 0 Å². The minimum Gasteiger partial charge on any atom is -0.352 e. The minimum atomic E-state index is -0.174. The molecule has 0 saturated carbocycles. The Bertz CT molecular complexity index is 296. The molecule has 2 atom stereocenters. The van der Waals surface area contributed by atoms with Crippen molar-refractivity contribution < 1.29 is 9.47 Å². The first-order chi connectivity index (χ1) is 6.33. The van der Waals surface area contributed by atoms with Crippen molar-refractivity contribution in [3.05, 3.63) is 35.4 Å². The van der Waals surface area contributed by atoms with Crippen LogP contribution in [0.2, 0.25) is 0 Å². The van der Waals surface area contributed by atoms with Gasteiger partial charge in [-0.05, 0) is 5.56 Å². The van der Waals surface area contributed by atoms with Gasteiger partial charge in [0, 0.05) is 18.6 Å². The van der Waals surface area contributed by atoms with Crippen molar-refractivity contribution in [2.45, 2.75) is 19.1 Å². The fourth-order valence-corrected chi connectivity index (χ4v) is 1.78. The van der Waals surface area contributed by atoms with Gasteiger partial charge in [-0.3, -0.25) is 0 Å². The molecule has 1 aliphatic rings. The smallest absolute Gasteiger partial charge is 0.183 e. The number of fused-ring (bicyclic) bond motifs is 1. The van der Waals surface area contributed by atoms with Gasteiger partial charge in [-0.25, -0.2) is 0 Å². The molecule has 0 aromatic heterocycles. The fraction of sp³-hybridized carbons (Fsp3) is 0.455. The van der Waals surface area contributed by atoms with Gasteiger partial charge >= 0.3 is 0 Å². The summed E-state index contributed by atoms with van der Waals surface area (Å²) in [5, 5.41) is 0. The van der Waals surface area contributed by atoms with Gasteiger partial charge in [0.2, 0.25) is 0 Å². The molecule has 1 aromatic carbocycles. The first-order valence-corrected chi connectivity index (χ1v) is 4.56. The maximum absolute atomic E-state index is 5.54. The zero-order chi connectivity index (χ0) is 9.26. The second-order valence-electron chi connectivity index (χ2n) is 3.43. The van der Waals surface area contributed by atoms with Gasteiger partial charge in [0.15, 0.2) is 6.29 Å². The molecule has 2 nitrogen and oxygen atoms in total. The van der Waals surface area contributed by atoms with Crippen LogP contribution in [0.3, 0.4) is 0 Å². The maximum atomic E-state index is 5.54. The van der Waals surface area contributed by atoms with E-state index in [4.69, 9.17) is 9.47 Å². The van der Waals surface area contributed by atoms with E-state index < -0.39 is 0 Å². The first kappa shape index (κ1) is 8.73. The third kappa shape index (κ3) is 1.47. The van der Waals surface area contributed by atoms with Gasteiger partial charge < -0.3 is 9.47 Å². The Morgan fingerprint density at radius 3 is 2.69 bits per heavy atom. The second kappa shape index (κ2) is 3.48. The third-order valence-corrected chi connectivity index (χ3v) is 2.49. The van der Waals surface area contributed by atoms with E-state index in [0.717, 1.165) is 6.61 Å². The molecule has 70 valence electrons. The summed E-state index contributed by atoms with van der Waals surface area (Å²) in [6.45, 7) is 2.92. The predicted molar refractivity (Wildman–Crippen MR) is 50.6 cm³/mol. The van der Waals surface area contributed by atoms with E-state index in [1.807, 2.05) is 6.07 Å². The van der Waals surface area contributed by atoms with Crippen LogP contribution >= 0.6 is 0 Å². The fourth-order valence-electron chi connectivity index (χ4n) is 1.78. The number of rotatable bonds is 1. The number of methoxy groups -OCH3 is 1. The summed E-state index contributed by atoms with van der Waals surface area (Å²) >= 11 is 0. The Morgan fingerprint density at radius 2 is 2.00 bits per heavy atom. The zero-order valence-corrected chi connectivity index (χ0v) is 7.99. The molecule has 2 rings (SSSR count). The van der Waals surface area contributed by atoms with Crippen molar-refractivity contribution in [1.82, 2.24) is 0 Å². The molecule has 0 fully saturated rings. The van der Waals surface area contributed by atoms with Crippen molar-refractivity contribution in [3.8, 4) is 0 Å². The van der Waals surface area contributed by atoms with Gasteiger partial charge in [0.05, 0.1) is 6.61 Å². The molecule has 0 aliphatic carbocycles. The molecule has 0 amide bonds. The summed E-state index contributed by atoms with van der Waals surface area (Å²) < 4.78 is 10.8. The lowest BCUT2D eigenvalue weighted by molar-refractivity contribution is -0.139. The van der Waals surface area contributed by atoms with Crippen LogP contribution in [0, 0.1) is 0 Å². The van der Waals surface area contributed by atoms with Crippen LogP contribution < -0.4 is 0 Å². The van der Waals surface area contributed by atoms with Crippen LogP contribution in [0.1, 0.15) is 30.3 Å². The van der Waals surface area contributed by atoms with E-state index in [1.54, 1.807) is 7.11 Å². The Labute approximate surface area is 78.5 Å². The summed E-state index contributed by atoms with van der Waals surface area (Å²) in [5.41, 5.74) is 2.52. The quantitative estimate of drug-likeness (QED) is 0.657. The lowest BCUT2D eigenvalue weighted by atomic mass is 9.94. The van der Waals surface area contributed by atoms with E-state index in [9.17, 15) is 0 Å². The van der Waals surface area contributed by atoms with E-state index >= 15 is 0 Å². The average Bonchev–Trinajstić information content (AvgIpc) is 2.19. The number of hydrogen-bond acceptors (Lipinski definition) is 2. The summed E-state index contributed by atoms with van der Waals surface area (Å²) in [5.74, 6) is 0.475. The van der Waals surface area contributed by atoms with E-state index in [1.165, 1.54) is 11.1 Å². The van der Waals surface area contributed by atoms with Crippen LogP contribution in [0.4, 0.5) is 0 Å². The summed E-state index contributed by atoms with van der Waals surface area (Å²) in [6, 6.07) is 8.30. The van der Waals surface area contributed by atoms with Crippen LogP contribution in [0.15, 0.2) is 24.3 Å². The molecule has 1 aliphatic heterocycles. The Balaban J connectivity index is 2.42. The van der Waals surface area contributed by atoms with Crippen molar-refractivity contribution in [2.24, 2.45) is 0 Å². The monoisotopic (exact) mass is 178 g/mol. The third-order valence-electron chi connectivity index (χ3n) is 2.49. The van der Waals surface area contributed by atoms with E-state index in [0.29, 0.717) is 5.92 Å². The minimum absolute atomic E-state index is 0.174. The van der Waals surface area contributed by atoms with E-state index in [-0.39, 0.29) is 6.29 Å².